The summed E-state index contributed by atoms with van der Waals surface area (Å²) in [6.07, 6.45) is 3.06. The largest absolute Gasteiger partial charge is 0.294 e. The van der Waals surface area contributed by atoms with Crippen molar-refractivity contribution in [1.82, 2.24) is 19.6 Å². The van der Waals surface area contributed by atoms with Gasteiger partial charge in [-0.2, -0.15) is 4.98 Å². The van der Waals surface area contributed by atoms with E-state index in [-0.39, 0.29) is 11.7 Å². The molecular formula is C23H20N4OS. The van der Waals surface area contributed by atoms with Gasteiger partial charge in [-0.3, -0.25) is 4.79 Å². The molecule has 0 spiro atoms. The fraction of sp³-hybridized carbons (Fsp3) is 0.217. The van der Waals surface area contributed by atoms with Crippen molar-refractivity contribution in [2.45, 2.75) is 36.6 Å². The first-order valence-electron chi connectivity index (χ1n) is 9.68. The van der Waals surface area contributed by atoms with Crippen molar-refractivity contribution in [1.29, 1.82) is 0 Å². The van der Waals surface area contributed by atoms with E-state index in [1.165, 1.54) is 16.7 Å². The molecule has 0 radical (unpaired) electrons. The highest BCUT2D eigenvalue weighted by molar-refractivity contribution is 7.98. The molecule has 2 aromatic heterocycles. The lowest BCUT2D eigenvalue weighted by Gasteiger charge is -2.23. The van der Waals surface area contributed by atoms with Crippen molar-refractivity contribution in [3.8, 4) is 0 Å². The highest BCUT2D eigenvalue weighted by Crippen LogP contribution is 2.32. The molecule has 1 atom stereocenters. The molecule has 0 unspecified atom stereocenters. The number of aryl methyl sites for hydroxylation is 1. The van der Waals surface area contributed by atoms with Gasteiger partial charge in [-0.15, -0.1) is 5.10 Å². The standard InChI is InChI=1S/C23H20N4OS/c1-15-6-5-9-17(10-15)18-11-20-19(21(28)12-18)13-27-22(24-20)25-23(26-27)29-14-16-7-3-2-4-8-16/h2-10,13,18H,11-12,14H2,1H3/t18-/m1/s1. The van der Waals surface area contributed by atoms with E-state index in [0.717, 1.165) is 17.9 Å². The van der Waals surface area contributed by atoms with Gasteiger partial charge >= 0.3 is 0 Å². The summed E-state index contributed by atoms with van der Waals surface area (Å²) >= 11 is 1.57. The Kier molecular flexibility index (Phi) is 4.64. The van der Waals surface area contributed by atoms with E-state index in [1.807, 2.05) is 18.2 Å². The van der Waals surface area contributed by atoms with E-state index >= 15 is 0 Å². The summed E-state index contributed by atoms with van der Waals surface area (Å²) in [6, 6.07) is 18.6. The van der Waals surface area contributed by atoms with Gasteiger partial charge in [0.05, 0.1) is 11.3 Å². The van der Waals surface area contributed by atoms with Crippen LogP contribution in [0.3, 0.4) is 0 Å². The van der Waals surface area contributed by atoms with Crippen molar-refractivity contribution in [2.24, 2.45) is 0 Å². The number of rotatable bonds is 4. The van der Waals surface area contributed by atoms with Crippen molar-refractivity contribution in [2.75, 3.05) is 0 Å². The first kappa shape index (κ1) is 18.1. The Morgan fingerprint density at radius 3 is 2.76 bits per heavy atom. The molecule has 5 nitrogen and oxygen atoms in total. The second-order valence-electron chi connectivity index (χ2n) is 7.46. The predicted octanol–water partition coefficient (Wildman–Crippen LogP) is 4.64. The van der Waals surface area contributed by atoms with Gasteiger partial charge < -0.3 is 0 Å². The quantitative estimate of drug-likeness (QED) is 0.467. The molecule has 6 heteroatoms. The smallest absolute Gasteiger partial charge is 0.253 e. The molecule has 4 aromatic rings. The molecule has 5 rings (SSSR count). The normalized spacial score (nSPS) is 16.2. The second kappa shape index (κ2) is 7.44. The first-order chi connectivity index (χ1) is 14.2. The number of Topliss-reactive ketones (excluding diaryl/α,β-unsaturated/α-hetero) is 1. The Balaban J connectivity index is 1.42. The van der Waals surface area contributed by atoms with Gasteiger partial charge in [-0.25, -0.2) is 9.50 Å². The average molecular weight is 401 g/mol. The molecule has 144 valence electrons. The van der Waals surface area contributed by atoms with Crippen LogP contribution in [0.15, 0.2) is 66.0 Å². The van der Waals surface area contributed by atoms with Crippen molar-refractivity contribution < 1.29 is 4.79 Å². The summed E-state index contributed by atoms with van der Waals surface area (Å²) in [5.41, 5.74) is 5.13. The van der Waals surface area contributed by atoms with Crippen LogP contribution < -0.4 is 0 Å². The zero-order valence-electron chi connectivity index (χ0n) is 16.1. The Labute approximate surface area is 173 Å². The highest BCUT2D eigenvalue weighted by Gasteiger charge is 2.28. The van der Waals surface area contributed by atoms with Gasteiger partial charge in [0.1, 0.15) is 0 Å². The third kappa shape index (κ3) is 3.68. The Bertz CT molecular complexity index is 1200. The molecule has 0 saturated carbocycles. The number of hydrogen-bond donors (Lipinski definition) is 0. The maximum Gasteiger partial charge on any atom is 0.253 e. The number of carbonyl (C=O) groups is 1. The molecule has 0 fully saturated rings. The van der Waals surface area contributed by atoms with Crippen molar-refractivity contribution in [3.05, 3.63) is 88.7 Å². The number of carbonyl (C=O) groups excluding carboxylic acids is 1. The first-order valence-corrected chi connectivity index (χ1v) is 10.7. The molecule has 0 saturated heterocycles. The molecule has 1 aliphatic carbocycles. The summed E-state index contributed by atoms with van der Waals surface area (Å²) in [5.74, 6) is 1.64. The van der Waals surface area contributed by atoms with Crippen LogP contribution >= 0.6 is 11.8 Å². The lowest BCUT2D eigenvalue weighted by atomic mass is 9.82. The zero-order valence-corrected chi connectivity index (χ0v) is 16.9. The SMILES string of the molecule is Cc1cccc([C@H]2CC(=O)c3cn4nc(SCc5ccccc5)nc4nc3C2)c1. The minimum atomic E-state index is 0.126. The van der Waals surface area contributed by atoms with E-state index in [2.05, 4.69) is 53.4 Å². The molecule has 29 heavy (non-hydrogen) atoms. The lowest BCUT2D eigenvalue weighted by Crippen LogP contribution is -2.21. The Hall–Kier alpha value is -2.99. The number of aromatic nitrogens is 4. The zero-order chi connectivity index (χ0) is 19.8. The fourth-order valence-corrected chi connectivity index (χ4v) is 4.59. The van der Waals surface area contributed by atoms with Crippen LogP contribution in [0.25, 0.3) is 5.78 Å². The minimum absolute atomic E-state index is 0.126. The van der Waals surface area contributed by atoms with Gasteiger partial charge in [0, 0.05) is 18.4 Å². The molecular weight excluding hydrogens is 380 g/mol. The molecule has 0 bridgehead atoms. The number of thioether (sulfide) groups is 1. The number of benzene rings is 2. The van der Waals surface area contributed by atoms with Gasteiger partial charge in [-0.05, 0) is 30.4 Å². The Morgan fingerprint density at radius 2 is 1.93 bits per heavy atom. The van der Waals surface area contributed by atoms with Crippen LogP contribution in [-0.2, 0) is 12.2 Å². The second-order valence-corrected chi connectivity index (χ2v) is 8.40. The van der Waals surface area contributed by atoms with Crippen LogP contribution in [0.5, 0.6) is 0 Å². The summed E-state index contributed by atoms with van der Waals surface area (Å²) in [7, 11) is 0. The van der Waals surface area contributed by atoms with Crippen LogP contribution in [0.4, 0.5) is 0 Å². The van der Waals surface area contributed by atoms with Crippen LogP contribution in [0, 0.1) is 6.92 Å². The number of fused-ring (bicyclic) bond motifs is 2. The van der Waals surface area contributed by atoms with Gasteiger partial charge in [0.2, 0.25) is 5.16 Å². The maximum atomic E-state index is 12.8. The summed E-state index contributed by atoms with van der Waals surface area (Å²) < 4.78 is 1.64. The van der Waals surface area contributed by atoms with Gasteiger partial charge in [-0.1, -0.05) is 71.9 Å². The monoisotopic (exact) mass is 400 g/mol. The van der Waals surface area contributed by atoms with Crippen molar-refractivity contribution >= 4 is 23.3 Å². The summed E-state index contributed by atoms with van der Waals surface area (Å²) in [4.78, 5) is 22.1. The van der Waals surface area contributed by atoms with E-state index < -0.39 is 0 Å². The predicted molar refractivity (Wildman–Crippen MR) is 113 cm³/mol. The minimum Gasteiger partial charge on any atom is -0.294 e. The molecule has 1 aliphatic rings. The molecule has 0 N–H and O–H groups in total. The molecule has 2 aromatic carbocycles. The highest BCUT2D eigenvalue weighted by atomic mass is 32.2. The van der Waals surface area contributed by atoms with E-state index in [9.17, 15) is 4.79 Å². The van der Waals surface area contributed by atoms with Gasteiger partial charge in [0.25, 0.3) is 5.78 Å². The maximum absolute atomic E-state index is 12.8. The molecule has 0 aliphatic heterocycles. The van der Waals surface area contributed by atoms with E-state index in [4.69, 9.17) is 4.98 Å². The van der Waals surface area contributed by atoms with Crippen LogP contribution in [-0.4, -0.2) is 25.4 Å². The number of hydrogen-bond acceptors (Lipinski definition) is 5. The van der Waals surface area contributed by atoms with Crippen LogP contribution in [0.1, 0.15) is 45.1 Å². The molecule has 0 amide bonds. The van der Waals surface area contributed by atoms with Crippen molar-refractivity contribution in [3.63, 3.8) is 0 Å². The average Bonchev–Trinajstić information content (AvgIpc) is 3.13. The third-order valence-electron chi connectivity index (χ3n) is 5.29. The topological polar surface area (TPSA) is 60.2 Å². The third-order valence-corrected chi connectivity index (χ3v) is 6.20. The van der Waals surface area contributed by atoms with E-state index in [1.54, 1.807) is 22.5 Å². The molecule has 2 heterocycles. The summed E-state index contributed by atoms with van der Waals surface area (Å²) in [5, 5.41) is 5.19. The fourth-order valence-electron chi connectivity index (χ4n) is 3.81. The number of nitrogens with zero attached hydrogens (tertiary/aromatic N) is 4. The number of ketones is 1. The van der Waals surface area contributed by atoms with E-state index in [0.29, 0.717) is 22.9 Å². The summed E-state index contributed by atoms with van der Waals surface area (Å²) in [6.45, 7) is 2.08. The Morgan fingerprint density at radius 1 is 1.07 bits per heavy atom. The lowest BCUT2D eigenvalue weighted by molar-refractivity contribution is 0.0962. The van der Waals surface area contributed by atoms with Gasteiger partial charge in [0.15, 0.2) is 5.78 Å². The van der Waals surface area contributed by atoms with Crippen LogP contribution in [0.2, 0.25) is 0 Å².